The highest BCUT2D eigenvalue weighted by molar-refractivity contribution is 5.93. The molecule has 4 heteroatoms. The van der Waals surface area contributed by atoms with Gasteiger partial charge in [-0.15, -0.1) is 0 Å². The third-order valence-electron chi connectivity index (χ3n) is 2.95. The Bertz CT molecular complexity index is 328. The van der Waals surface area contributed by atoms with E-state index < -0.39 is 0 Å². The van der Waals surface area contributed by atoms with Crippen LogP contribution in [0.25, 0.3) is 0 Å². The molecule has 1 heterocycles. The van der Waals surface area contributed by atoms with Crippen molar-refractivity contribution in [2.45, 2.75) is 46.6 Å². The summed E-state index contributed by atoms with van der Waals surface area (Å²) in [6, 6.07) is 0.319. The summed E-state index contributed by atoms with van der Waals surface area (Å²) in [4.78, 5) is 14.3. The molecule has 0 unspecified atom stereocenters. The first kappa shape index (κ1) is 13.7. The van der Waals surface area contributed by atoms with Gasteiger partial charge in [-0.2, -0.15) is 5.10 Å². The van der Waals surface area contributed by atoms with Crippen molar-refractivity contribution in [2.75, 3.05) is 6.54 Å². The number of hydrogen-bond acceptors (Lipinski definition) is 2. The van der Waals surface area contributed by atoms with Crippen LogP contribution in [-0.2, 0) is 0 Å². The number of aromatic nitrogens is 2. The number of H-pyrrole nitrogens is 1. The first-order valence-electron chi connectivity index (χ1n) is 6.39. The summed E-state index contributed by atoms with van der Waals surface area (Å²) in [5.41, 5.74) is 0.651. The molecular weight excluding hydrogens is 214 g/mol. The number of carbonyl (C=O) groups is 1. The fourth-order valence-electron chi connectivity index (χ4n) is 2.05. The minimum atomic E-state index is 0.0844. The van der Waals surface area contributed by atoms with Crippen LogP contribution >= 0.6 is 0 Å². The van der Waals surface area contributed by atoms with Crippen LogP contribution in [0, 0.1) is 5.92 Å². The highest BCUT2D eigenvalue weighted by Gasteiger charge is 2.23. The predicted molar refractivity (Wildman–Crippen MR) is 68.8 cm³/mol. The van der Waals surface area contributed by atoms with Crippen molar-refractivity contribution < 1.29 is 4.79 Å². The first-order chi connectivity index (χ1) is 8.10. The second-order valence-corrected chi connectivity index (χ2v) is 4.81. The molecule has 1 aromatic rings. The van der Waals surface area contributed by atoms with Gasteiger partial charge in [0.15, 0.2) is 0 Å². The Hall–Kier alpha value is -1.32. The molecule has 0 fully saturated rings. The van der Waals surface area contributed by atoms with Gasteiger partial charge in [0.2, 0.25) is 0 Å². The van der Waals surface area contributed by atoms with Crippen LogP contribution < -0.4 is 0 Å². The fraction of sp³-hybridized carbons (Fsp3) is 0.692. The van der Waals surface area contributed by atoms with E-state index >= 15 is 0 Å². The Balaban J connectivity index is 2.85. The third kappa shape index (κ3) is 3.58. The van der Waals surface area contributed by atoms with E-state index in [1.54, 1.807) is 12.4 Å². The van der Waals surface area contributed by atoms with Gasteiger partial charge >= 0.3 is 0 Å². The predicted octanol–water partition coefficient (Wildman–Crippen LogP) is 2.70. The molecule has 0 saturated heterocycles. The van der Waals surface area contributed by atoms with Crippen LogP contribution in [0.15, 0.2) is 12.4 Å². The molecule has 17 heavy (non-hydrogen) atoms. The normalized spacial score (nSPS) is 11.2. The van der Waals surface area contributed by atoms with E-state index in [-0.39, 0.29) is 5.91 Å². The lowest BCUT2D eigenvalue weighted by Gasteiger charge is -2.31. The van der Waals surface area contributed by atoms with Crippen LogP contribution in [0.4, 0.5) is 0 Å². The fourth-order valence-corrected chi connectivity index (χ4v) is 2.05. The van der Waals surface area contributed by atoms with Crippen molar-refractivity contribution in [3.63, 3.8) is 0 Å². The van der Waals surface area contributed by atoms with Gasteiger partial charge < -0.3 is 4.90 Å². The summed E-state index contributed by atoms with van der Waals surface area (Å²) in [5, 5.41) is 6.54. The Labute approximate surface area is 103 Å². The van der Waals surface area contributed by atoms with Crippen LogP contribution in [0.2, 0.25) is 0 Å². The maximum absolute atomic E-state index is 12.4. The zero-order chi connectivity index (χ0) is 12.8. The molecule has 1 N–H and O–H groups in total. The standard InChI is InChI=1S/C13H23N3O/c1-5-12(6-2)16(9-10(3)4)13(17)11-7-14-15-8-11/h7-8,10,12H,5-6,9H2,1-4H3,(H,14,15). The first-order valence-corrected chi connectivity index (χ1v) is 6.39. The quantitative estimate of drug-likeness (QED) is 0.827. The van der Waals surface area contributed by atoms with Crippen LogP contribution in [0.1, 0.15) is 50.9 Å². The van der Waals surface area contributed by atoms with Crippen molar-refractivity contribution in [2.24, 2.45) is 5.92 Å². The topological polar surface area (TPSA) is 49.0 Å². The summed E-state index contributed by atoms with van der Waals surface area (Å²) in [7, 11) is 0. The van der Waals surface area contributed by atoms with E-state index in [1.165, 1.54) is 0 Å². The lowest BCUT2D eigenvalue weighted by molar-refractivity contribution is 0.0640. The molecule has 1 amide bonds. The largest absolute Gasteiger partial charge is 0.335 e. The Morgan fingerprint density at radius 3 is 2.47 bits per heavy atom. The Morgan fingerprint density at radius 2 is 2.06 bits per heavy atom. The average Bonchev–Trinajstić information content (AvgIpc) is 2.81. The van der Waals surface area contributed by atoms with Gasteiger partial charge in [-0.25, -0.2) is 0 Å². The minimum absolute atomic E-state index is 0.0844. The van der Waals surface area contributed by atoms with Crippen LogP contribution in [0.5, 0.6) is 0 Å². The van der Waals surface area contributed by atoms with Gasteiger partial charge in [-0.1, -0.05) is 27.7 Å². The summed E-state index contributed by atoms with van der Waals surface area (Å²) in [5.74, 6) is 0.563. The smallest absolute Gasteiger partial charge is 0.257 e. The Kier molecular flexibility index (Phi) is 5.19. The molecule has 0 bridgehead atoms. The van der Waals surface area contributed by atoms with Crippen molar-refractivity contribution in [1.82, 2.24) is 15.1 Å². The van der Waals surface area contributed by atoms with Gasteiger partial charge in [0.25, 0.3) is 5.91 Å². The second-order valence-electron chi connectivity index (χ2n) is 4.81. The van der Waals surface area contributed by atoms with E-state index in [4.69, 9.17) is 0 Å². The number of hydrogen-bond donors (Lipinski definition) is 1. The lowest BCUT2D eigenvalue weighted by Crippen LogP contribution is -2.41. The van der Waals surface area contributed by atoms with Crippen molar-refractivity contribution >= 4 is 5.91 Å². The zero-order valence-corrected chi connectivity index (χ0v) is 11.2. The number of carbonyl (C=O) groups excluding carboxylic acids is 1. The van der Waals surface area contributed by atoms with Gasteiger partial charge in [0, 0.05) is 18.8 Å². The van der Waals surface area contributed by atoms with Gasteiger partial charge in [0.1, 0.15) is 0 Å². The molecule has 96 valence electrons. The number of aromatic amines is 1. The summed E-state index contributed by atoms with van der Waals surface area (Å²) >= 11 is 0. The van der Waals surface area contributed by atoms with E-state index in [9.17, 15) is 4.79 Å². The van der Waals surface area contributed by atoms with E-state index in [0.29, 0.717) is 17.5 Å². The second kappa shape index (κ2) is 6.42. The Morgan fingerprint density at radius 1 is 1.41 bits per heavy atom. The van der Waals surface area contributed by atoms with Gasteiger partial charge in [-0.05, 0) is 18.8 Å². The molecule has 4 nitrogen and oxygen atoms in total. The molecule has 1 rings (SSSR count). The number of rotatable bonds is 6. The molecule has 0 saturated carbocycles. The highest BCUT2D eigenvalue weighted by atomic mass is 16.2. The monoisotopic (exact) mass is 237 g/mol. The summed E-state index contributed by atoms with van der Waals surface area (Å²) in [6.45, 7) is 9.33. The molecule has 1 aromatic heterocycles. The molecule has 0 aliphatic carbocycles. The number of amides is 1. The molecule has 0 spiro atoms. The van der Waals surface area contributed by atoms with Crippen molar-refractivity contribution in [3.05, 3.63) is 18.0 Å². The number of nitrogens with zero attached hydrogens (tertiary/aromatic N) is 2. The highest BCUT2D eigenvalue weighted by Crippen LogP contribution is 2.15. The number of nitrogens with one attached hydrogen (secondary N) is 1. The molecule has 0 aliphatic rings. The van der Waals surface area contributed by atoms with Gasteiger partial charge in [0.05, 0.1) is 11.8 Å². The SMILES string of the molecule is CCC(CC)N(CC(C)C)C(=O)c1cn[nH]c1. The maximum atomic E-state index is 12.4. The third-order valence-corrected chi connectivity index (χ3v) is 2.95. The molecule has 0 aliphatic heterocycles. The maximum Gasteiger partial charge on any atom is 0.257 e. The summed E-state index contributed by atoms with van der Waals surface area (Å²) < 4.78 is 0. The molecule has 0 atom stereocenters. The van der Waals surface area contributed by atoms with Crippen LogP contribution in [0.3, 0.4) is 0 Å². The van der Waals surface area contributed by atoms with Crippen molar-refractivity contribution in [3.8, 4) is 0 Å². The lowest BCUT2D eigenvalue weighted by atomic mass is 10.1. The molecule has 0 aromatic carbocycles. The molecule has 0 radical (unpaired) electrons. The summed E-state index contributed by atoms with van der Waals surface area (Å²) in [6.07, 6.45) is 5.25. The van der Waals surface area contributed by atoms with E-state index in [0.717, 1.165) is 19.4 Å². The van der Waals surface area contributed by atoms with Crippen molar-refractivity contribution in [1.29, 1.82) is 0 Å². The van der Waals surface area contributed by atoms with Crippen LogP contribution in [-0.4, -0.2) is 33.6 Å². The molecular formula is C13H23N3O. The zero-order valence-electron chi connectivity index (χ0n) is 11.2. The van der Waals surface area contributed by atoms with E-state index in [2.05, 4.69) is 37.9 Å². The minimum Gasteiger partial charge on any atom is -0.335 e. The van der Waals surface area contributed by atoms with Gasteiger partial charge in [-0.3, -0.25) is 9.89 Å². The van der Waals surface area contributed by atoms with E-state index in [1.807, 2.05) is 4.90 Å². The average molecular weight is 237 g/mol.